The van der Waals surface area contributed by atoms with Gasteiger partial charge in [0.15, 0.2) is 0 Å². The summed E-state index contributed by atoms with van der Waals surface area (Å²) in [5.74, 6) is -0.545. The standard InChI is InChI=1S/C11H13ClF3N/c1-2-16-10(11(14)15)5-7-3-4-8(12)6-9(7)13/h3-4,6,10-11,16H,2,5H2,1H3. The highest BCUT2D eigenvalue weighted by molar-refractivity contribution is 6.30. The largest absolute Gasteiger partial charge is 0.309 e. The fourth-order valence-corrected chi connectivity index (χ4v) is 1.60. The summed E-state index contributed by atoms with van der Waals surface area (Å²) in [5.41, 5.74) is 0.246. The van der Waals surface area contributed by atoms with E-state index >= 15 is 0 Å². The zero-order valence-electron chi connectivity index (χ0n) is 8.81. The average molecular weight is 252 g/mol. The van der Waals surface area contributed by atoms with E-state index in [4.69, 9.17) is 11.6 Å². The molecule has 0 spiro atoms. The van der Waals surface area contributed by atoms with Crippen molar-refractivity contribution in [1.29, 1.82) is 0 Å². The second-order valence-electron chi connectivity index (χ2n) is 3.44. The van der Waals surface area contributed by atoms with Gasteiger partial charge in [0.2, 0.25) is 0 Å². The van der Waals surface area contributed by atoms with E-state index in [0.717, 1.165) is 6.07 Å². The van der Waals surface area contributed by atoms with Crippen LogP contribution in [0.25, 0.3) is 0 Å². The molecule has 16 heavy (non-hydrogen) atoms. The second-order valence-corrected chi connectivity index (χ2v) is 3.87. The minimum Gasteiger partial charge on any atom is -0.309 e. The van der Waals surface area contributed by atoms with E-state index in [1.54, 1.807) is 6.92 Å². The summed E-state index contributed by atoms with van der Waals surface area (Å²) in [6.45, 7) is 2.15. The number of alkyl halides is 2. The Bertz CT molecular complexity index is 344. The topological polar surface area (TPSA) is 12.0 Å². The van der Waals surface area contributed by atoms with Crippen LogP contribution in [0.4, 0.5) is 13.2 Å². The third-order valence-corrected chi connectivity index (χ3v) is 2.46. The Hall–Kier alpha value is -0.740. The minimum absolute atomic E-state index is 0.0471. The van der Waals surface area contributed by atoms with Crippen LogP contribution in [0.5, 0.6) is 0 Å². The molecular formula is C11H13ClF3N. The van der Waals surface area contributed by atoms with Gasteiger partial charge in [0.25, 0.3) is 6.43 Å². The second kappa shape index (κ2) is 6.11. The third kappa shape index (κ3) is 3.68. The number of hydrogen-bond donors (Lipinski definition) is 1. The van der Waals surface area contributed by atoms with Crippen LogP contribution in [0.15, 0.2) is 18.2 Å². The summed E-state index contributed by atoms with van der Waals surface area (Å²) in [6, 6.07) is 3.03. The van der Waals surface area contributed by atoms with Gasteiger partial charge in [0, 0.05) is 5.02 Å². The van der Waals surface area contributed by atoms with Gasteiger partial charge in [-0.2, -0.15) is 0 Å². The molecular weight excluding hydrogens is 239 g/mol. The molecule has 1 aromatic rings. The highest BCUT2D eigenvalue weighted by Gasteiger charge is 2.20. The zero-order chi connectivity index (χ0) is 12.1. The molecule has 0 amide bonds. The van der Waals surface area contributed by atoms with Crippen molar-refractivity contribution >= 4 is 11.6 Å². The van der Waals surface area contributed by atoms with Gasteiger partial charge in [-0.05, 0) is 30.7 Å². The number of benzene rings is 1. The zero-order valence-corrected chi connectivity index (χ0v) is 9.57. The molecule has 0 bridgehead atoms. The summed E-state index contributed by atoms with van der Waals surface area (Å²) in [6.07, 6.45) is -2.57. The quantitative estimate of drug-likeness (QED) is 0.847. The number of hydrogen-bond acceptors (Lipinski definition) is 1. The van der Waals surface area contributed by atoms with Crippen LogP contribution in [0, 0.1) is 5.82 Å². The van der Waals surface area contributed by atoms with E-state index in [1.165, 1.54) is 12.1 Å². The smallest absolute Gasteiger partial charge is 0.254 e. The summed E-state index contributed by atoms with van der Waals surface area (Å²) in [5, 5.41) is 2.89. The maximum Gasteiger partial charge on any atom is 0.254 e. The summed E-state index contributed by atoms with van der Waals surface area (Å²) in [7, 11) is 0. The Labute approximate surface area is 97.6 Å². The Balaban J connectivity index is 2.77. The molecule has 0 saturated heterocycles. The molecule has 1 unspecified atom stereocenters. The fourth-order valence-electron chi connectivity index (χ4n) is 1.44. The van der Waals surface area contributed by atoms with E-state index in [2.05, 4.69) is 5.32 Å². The van der Waals surface area contributed by atoms with Crippen LogP contribution in [0.2, 0.25) is 5.02 Å². The fraction of sp³-hybridized carbons (Fsp3) is 0.455. The lowest BCUT2D eigenvalue weighted by molar-refractivity contribution is 0.0987. The van der Waals surface area contributed by atoms with Crippen molar-refractivity contribution in [1.82, 2.24) is 5.32 Å². The first-order valence-electron chi connectivity index (χ1n) is 5.00. The van der Waals surface area contributed by atoms with Gasteiger partial charge in [0.1, 0.15) is 5.82 Å². The SMILES string of the molecule is CCNC(Cc1ccc(Cl)cc1F)C(F)F. The molecule has 0 radical (unpaired) electrons. The van der Waals surface area contributed by atoms with Crippen molar-refractivity contribution in [3.05, 3.63) is 34.6 Å². The molecule has 90 valence electrons. The number of rotatable bonds is 5. The summed E-state index contributed by atoms with van der Waals surface area (Å²) in [4.78, 5) is 0. The molecule has 1 N–H and O–H groups in total. The third-order valence-electron chi connectivity index (χ3n) is 2.23. The first-order chi connectivity index (χ1) is 7.54. The normalized spacial score (nSPS) is 13.1. The Morgan fingerprint density at radius 2 is 2.06 bits per heavy atom. The molecule has 0 saturated carbocycles. The van der Waals surface area contributed by atoms with Crippen molar-refractivity contribution in [3.8, 4) is 0 Å². The van der Waals surface area contributed by atoms with Crippen molar-refractivity contribution in [2.24, 2.45) is 0 Å². The van der Waals surface area contributed by atoms with Crippen molar-refractivity contribution in [3.63, 3.8) is 0 Å². The van der Waals surface area contributed by atoms with Crippen molar-refractivity contribution < 1.29 is 13.2 Å². The summed E-state index contributed by atoms with van der Waals surface area (Å²) < 4.78 is 38.5. The molecule has 1 aromatic carbocycles. The van der Waals surface area contributed by atoms with E-state index in [9.17, 15) is 13.2 Å². The van der Waals surface area contributed by atoms with Gasteiger partial charge in [-0.25, -0.2) is 13.2 Å². The Morgan fingerprint density at radius 3 is 2.56 bits per heavy atom. The van der Waals surface area contributed by atoms with E-state index in [1.807, 2.05) is 0 Å². The van der Waals surface area contributed by atoms with Crippen LogP contribution < -0.4 is 5.32 Å². The van der Waals surface area contributed by atoms with Gasteiger partial charge in [-0.1, -0.05) is 24.6 Å². The monoisotopic (exact) mass is 251 g/mol. The minimum atomic E-state index is -2.52. The molecule has 0 aliphatic rings. The first-order valence-corrected chi connectivity index (χ1v) is 5.37. The molecule has 0 aromatic heterocycles. The van der Waals surface area contributed by atoms with Gasteiger partial charge < -0.3 is 5.32 Å². The highest BCUT2D eigenvalue weighted by atomic mass is 35.5. The maximum absolute atomic E-state index is 13.4. The molecule has 0 aliphatic heterocycles. The van der Waals surface area contributed by atoms with E-state index < -0.39 is 18.3 Å². The lowest BCUT2D eigenvalue weighted by atomic mass is 10.1. The van der Waals surface area contributed by atoms with Gasteiger partial charge in [-0.15, -0.1) is 0 Å². The van der Waals surface area contributed by atoms with Crippen LogP contribution in [-0.2, 0) is 6.42 Å². The predicted molar refractivity (Wildman–Crippen MR) is 58.6 cm³/mol. The molecule has 0 heterocycles. The number of halogens is 4. The van der Waals surface area contributed by atoms with Crippen molar-refractivity contribution in [2.75, 3.05) is 6.54 Å². The summed E-state index contributed by atoms with van der Waals surface area (Å²) >= 11 is 5.57. The van der Waals surface area contributed by atoms with Gasteiger partial charge in [-0.3, -0.25) is 0 Å². The molecule has 1 atom stereocenters. The Kier molecular flexibility index (Phi) is 5.09. The molecule has 5 heteroatoms. The predicted octanol–water partition coefficient (Wildman–Crippen LogP) is 3.26. The molecule has 1 rings (SSSR count). The first kappa shape index (κ1) is 13.3. The van der Waals surface area contributed by atoms with Gasteiger partial charge in [0.05, 0.1) is 6.04 Å². The van der Waals surface area contributed by atoms with Crippen LogP contribution in [0.3, 0.4) is 0 Å². The average Bonchev–Trinajstić information content (AvgIpc) is 2.20. The molecule has 1 nitrogen and oxygen atoms in total. The van der Waals surface area contributed by atoms with Crippen LogP contribution >= 0.6 is 11.6 Å². The van der Waals surface area contributed by atoms with Gasteiger partial charge >= 0.3 is 0 Å². The van der Waals surface area contributed by atoms with E-state index in [0.29, 0.717) is 6.54 Å². The number of likely N-dealkylation sites (N-methyl/N-ethyl adjacent to an activating group) is 1. The number of nitrogens with one attached hydrogen (secondary N) is 1. The van der Waals surface area contributed by atoms with E-state index in [-0.39, 0.29) is 17.0 Å². The molecule has 0 aliphatic carbocycles. The Morgan fingerprint density at radius 1 is 1.38 bits per heavy atom. The van der Waals surface area contributed by atoms with Crippen molar-refractivity contribution in [2.45, 2.75) is 25.8 Å². The highest BCUT2D eigenvalue weighted by Crippen LogP contribution is 2.17. The lowest BCUT2D eigenvalue weighted by Gasteiger charge is -2.17. The van der Waals surface area contributed by atoms with Crippen LogP contribution in [0.1, 0.15) is 12.5 Å². The molecule has 0 fully saturated rings. The van der Waals surface area contributed by atoms with Crippen LogP contribution in [-0.4, -0.2) is 19.0 Å². The lowest BCUT2D eigenvalue weighted by Crippen LogP contribution is -2.37. The maximum atomic E-state index is 13.4.